The summed E-state index contributed by atoms with van der Waals surface area (Å²) in [7, 11) is 0. The normalized spacial score (nSPS) is 11.3. The molecule has 26 heavy (non-hydrogen) atoms. The predicted molar refractivity (Wildman–Crippen MR) is 103 cm³/mol. The Labute approximate surface area is 159 Å². The molecule has 0 spiro atoms. The van der Waals surface area contributed by atoms with Crippen LogP contribution >= 0.6 is 0 Å². The molecule has 0 saturated heterocycles. The van der Waals surface area contributed by atoms with Gasteiger partial charge in [0.25, 0.3) is 0 Å². The molecular formula is C20H41FO5. The molecule has 0 unspecified atom stereocenters. The van der Waals surface area contributed by atoms with Crippen molar-refractivity contribution in [2.45, 2.75) is 58.3 Å². The highest BCUT2D eigenvalue weighted by molar-refractivity contribution is 4.46. The number of unbranched alkanes of at least 4 members (excludes halogenated alkanes) is 7. The molecule has 0 aromatic rings. The van der Waals surface area contributed by atoms with Gasteiger partial charge in [0.2, 0.25) is 0 Å². The molecule has 158 valence electrons. The smallest absolute Gasteiger partial charge is 0.113 e. The zero-order valence-corrected chi connectivity index (χ0v) is 16.9. The highest BCUT2D eigenvalue weighted by atomic mass is 19.1. The molecule has 5 nitrogen and oxygen atoms in total. The van der Waals surface area contributed by atoms with Crippen LogP contribution in [0.4, 0.5) is 4.39 Å². The van der Waals surface area contributed by atoms with Gasteiger partial charge < -0.3 is 23.7 Å². The summed E-state index contributed by atoms with van der Waals surface area (Å²) in [6.07, 6.45) is 10.6. The van der Waals surface area contributed by atoms with E-state index in [2.05, 4.69) is 6.92 Å². The lowest BCUT2D eigenvalue weighted by Crippen LogP contribution is -2.13. The van der Waals surface area contributed by atoms with E-state index in [-0.39, 0.29) is 6.61 Å². The Morgan fingerprint density at radius 3 is 1.19 bits per heavy atom. The summed E-state index contributed by atoms with van der Waals surface area (Å²) in [4.78, 5) is 0. The van der Waals surface area contributed by atoms with Crippen LogP contribution in [0.5, 0.6) is 0 Å². The summed E-state index contributed by atoms with van der Waals surface area (Å²) < 4.78 is 38.3. The molecule has 6 heteroatoms. The fourth-order valence-corrected chi connectivity index (χ4v) is 2.37. The maximum Gasteiger partial charge on any atom is 0.113 e. The number of rotatable bonds is 23. The minimum atomic E-state index is -0.451. The van der Waals surface area contributed by atoms with E-state index in [1.54, 1.807) is 0 Å². The molecule has 0 atom stereocenters. The molecule has 0 aliphatic heterocycles. The third kappa shape index (κ3) is 23.7. The summed E-state index contributed by atoms with van der Waals surface area (Å²) in [5.74, 6) is 0. The van der Waals surface area contributed by atoms with Crippen LogP contribution in [0, 0.1) is 0 Å². The molecule has 0 saturated carbocycles. The van der Waals surface area contributed by atoms with E-state index in [9.17, 15) is 4.39 Å². The van der Waals surface area contributed by atoms with Crippen molar-refractivity contribution in [3.05, 3.63) is 0 Å². The van der Waals surface area contributed by atoms with Crippen LogP contribution in [0.25, 0.3) is 0 Å². The monoisotopic (exact) mass is 380 g/mol. The van der Waals surface area contributed by atoms with Gasteiger partial charge in [-0.25, -0.2) is 4.39 Å². The molecule has 0 aromatic carbocycles. The lowest BCUT2D eigenvalue weighted by molar-refractivity contribution is -0.0119. The quantitative estimate of drug-likeness (QED) is 0.249. The number of halogens is 1. The van der Waals surface area contributed by atoms with Gasteiger partial charge in [0.15, 0.2) is 0 Å². The van der Waals surface area contributed by atoms with Crippen molar-refractivity contribution in [3.63, 3.8) is 0 Å². The molecule has 0 heterocycles. The van der Waals surface area contributed by atoms with Crippen molar-refractivity contribution in [3.8, 4) is 0 Å². The molecule has 0 fully saturated rings. The van der Waals surface area contributed by atoms with Crippen molar-refractivity contribution in [1.82, 2.24) is 0 Å². The summed E-state index contributed by atoms with van der Waals surface area (Å²) in [5.41, 5.74) is 0. The Morgan fingerprint density at radius 1 is 0.423 bits per heavy atom. The molecule has 0 amide bonds. The highest BCUT2D eigenvalue weighted by Crippen LogP contribution is 2.08. The number of ether oxygens (including phenoxy) is 5. The van der Waals surface area contributed by atoms with E-state index in [0.717, 1.165) is 13.0 Å². The van der Waals surface area contributed by atoms with Crippen molar-refractivity contribution in [2.75, 3.05) is 72.7 Å². The Balaban J connectivity index is 2.95. The van der Waals surface area contributed by atoms with E-state index >= 15 is 0 Å². The summed E-state index contributed by atoms with van der Waals surface area (Å²) in [6, 6.07) is 0. The zero-order valence-electron chi connectivity index (χ0n) is 16.9. The Hall–Kier alpha value is -0.270. The molecule has 0 rings (SSSR count). The molecule has 0 bridgehead atoms. The van der Waals surface area contributed by atoms with Crippen molar-refractivity contribution >= 4 is 0 Å². The molecule has 0 aliphatic carbocycles. The second-order valence-electron chi connectivity index (χ2n) is 6.23. The Bertz CT molecular complexity index is 220. The average Bonchev–Trinajstić information content (AvgIpc) is 2.66. The summed E-state index contributed by atoms with van der Waals surface area (Å²) in [6.45, 7) is 7.10. The predicted octanol–water partition coefficient (Wildman–Crippen LogP) is 4.18. The van der Waals surface area contributed by atoms with E-state index in [0.29, 0.717) is 52.9 Å². The fraction of sp³-hybridized carbons (Fsp3) is 1.00. The van der Waals surface area contributed by atoms with Crippen LogP contribution in [0.2, 0.25) is 0 Å². The van der Waals surface area contributed by atoms with Crippen LogP contribution in [0.3, 0.4) is 0 Å². The maximum atomic E-state index is 11.7. The van der Waals surface area contributed by atoms with E-state index in [1.807, 2.05) is 0 Å². The minimum Gasteiger partial charge on any atom is -0.379 e. The first-order chi connectivity index (χ1) is 12.9. The van der Waals surface area contributed by atoms with Crippen LogP contribution < -0.4 is 0 Å². The first kappa shape index (κ1) is 25.7. The van der Waals surface area contributed by atoms with Gasteiger partial charge in [-0.1, -0.05) is 51.9 Å². The van der Waals surface area contributed by atoms with Crippen LogP contribution in [0.1, 0.15) is 58.3 Å². The second kappa shape index (κ2) is 24.7. The molecule has 0 aromatic heterocycles. The van der Waals surface area contributed by atoms with Gasteiger partial charge in [0.05, 0.1) is 59.5 Å². The van der Waals surface area contributed by atoms with Crippen LogP contribution in [0.15, 0.2) is 0 Å². The first-order valence-electron chi connectivity index (χ1n) is 10.4. The number of hydrogen-bond donors (Lipinski definition) is 0. The maximum absolute atomic E-state index is 11.7. The second-order valence-corrected chi connectivity index (χ2v) is 6.23. The van der Waals surface area contributed by atoms with E-state index < -0.39 is 6.67 Å². The lowest BCUT2D eigenvalue weighted by Gasteiger charge is -2.07. The van der Waals surface area contributed by atoms with Crippen molar-refractivity contribution < 1.29 is 28.1 Å². The van der Waals surface area contributed by atoms with Crippen LogP contribution in [-0.4, -0.2) is 72.7 Å². The minimum absolute atomic E-state index is 0.139. The first-order valence-corrected chi connectivity index (χ1v) is 10.4. The summed E-state index contributed by atoms with van der Waals surface area (Å²) >= 11 is 0. The average molecular weight is 381 g/mol. The lowest BCUT2D eigenvalue weighted by atomic mass is 10.1. The van der Waals surface area contributed by atoms with Gasteiger partial charge >= 0.3 is 0 Å². The molecular weight excluding hydrogens is 339 g/mol. The zero-order chi connectivity index (χ0) is 19.0. The number of alkyl halides is 1. The van der Waals surface area contributed by atoms with Gasteiger partial charge in [-0.15, -0.1) is 0 Å². The van der Waals surface area contributed by atoms with Gasteiger partial charge in [0.1, 0.15) is 6.67 Å². The van der Waals surface area contributed by atoms with E-state index in [4.69, 9.17) is 23.7 Å². The van der Waals surface area contributed by atoms with Crippen LogP contribution in [-0.2, 0) is 23.7 Å². The SMILES string of the molecule is CCCCCCCCCCOCCOCCOCCOCCOCCF. The third-order valence-electron chi connectivity index (χ3n) is 3.85. The summed E-state index contributed by atoms with van der Waals surface area (Å²) in [5, 5.41) is 0. The highest BCUT2D eigenvalue weighted by Gasteiger charge is 1.94. The van der Waals surface area contributed by atoms with Gasteiger partial charge in [-0.3, -0.25) is 0 Å². The van der Waals surface area contributed by atoms with Crippen molar-refractivity contribution in [2.24, 2.45) is 0 Å². The Morgan fingerprint density at radius 2 is 0.769 bits per heavy atom. The van der Waals surface area contributed by atoms with Gasteiger partial charge in [-0.2, -0.15) is 0 Å². The van der Waals surface area contributed by atoms with Gasteiger partial charge in [-0.05, 0) is 6.42 Å². The van der Waals surface area contributed by atoms with Crippen molar-refractivity contribution in [1.29, 1.82) is 0 Å². The molecule has 0 radical (unpaired) electrons. The molecule has 0 aliphatic rings. The largest absolute Gasteiger partial charge is 0.379 e. The Kier molecular flexibility index (Phi) is 24.5. The standard InChI is InChI=1S/C20H41FO5/c1-2-3-4-5-6-7-8-9-11-22-13-15-24-17-19-26-20-18-25-16-14-23-12-10-21/h2-20H2,1H3. The van der Waals surface area contributed by atoms with E-state index in [1.165, 1.54) is 44.9 Å². The fourth-order valence-electron chi connectivity index (χ4n) is 2.37. The van der Waals surface area contributed by atoms with Gasteiger partial charge in [0, 0.05) is 6.61 Å². The number of hydrogen-bond acceptors (Lipinski definition) is 5. The topological polar surface area (TPSA) is 46.2 Å². The third-order valence-corrected chi connectivity index (χ3v) is 3.85. The molecule has 0 N–H and O–H groups in total.